The van der Waals surface area contributed by atoms with Crippen LogP contribution in [0.2, 0.25) is 0 Å². The van der Waals surface area contributed by atoms with Gasteiger partial charge >= 0.3 is 11.9 Å². The van der Waals surface area contributed by atoms with Crippen molar-refractivity contribution in [1.82, 2.24) is 0 Å². The number of carbonyl (C=O) groups is 2. The molecule has 5 unspecified atom stereocenters. The van der Waals surface area contributed by atoms with Gasteiger partial charge in [0.15, 0.2) is 0 Å². The highest BCUT2D eigenvalue weighted by Crippen LogP contribution is 2.56. The van der Waals surface area contributed by atoms with Crippen LogP contribution < -0.4 is 0 Å². The van der Waals surface area contributed by atoms with E-state index < -0.39 is 23.3 Å². The van der Waals surface area contributed by atoms with Gasteiger partial charge in [0, 0.05) is 14.9 Å². The van der Waals surface area contributed by atoms with Gasteiger partial charge in [-0.2, -0.15) is 0 Å². The zero-order valence-corrected chi connectivity index (χ0v) is 16.0. The summed E-state index contributed by atoms with van der Waals surface area (Å²) in [5.41, 5.74) is -0.985. The molecule has 6 heteroatoms. The minimum absolute atomic E-state index is 0.151. The maximum absolute atomic E-state index is 12.4. The lowest BCUT2D eigenvalue weighted by atomic mass is 9.52. The molecule has 0 bridgehead atoms. The molecule has 0 amide bonds. The molecule has 0 heterocycles. The number of allylic oxidation sites excluding steroid dienone is 8. The van der Waals surface area contributed by atoms with Crippen LogP contribution in [0, 0.1) is 29.1 Å². The molecule has 0 radical (unpaired) electrons. The molecule has 1 fully saturated rings. The van der Waals surface area contributed by atoms with E-state index in [0.717, 1.165) is 8.96 Å². The number of fused-ring (bicyclic) bond motifs is 1. The van der Waals surface area contributed by atoms with E-state index in [4.69, 9.17) is 0 Å². The number of halogens is 2. The Labute approximate surface area is 157 Å². The Hall–Kier alpha value is -1.14. The van der Waals surface area contributed by atoms with Crippen molar-refractivity contribution >= 4 is 43.8 Å². The van der Waals surface area contributed by atoms with Gasteiger partial charge in [0.05, 0.1) is 11.3 Å². The van der Waals surface area contributed by atoms with Crippen molar-refractivity contribution in [3.63, 3.8) is 0 Å². The van der Waals surface area contributed by atoms with Gasteiger partial charge in [-0.05, 0) is 31.1 Å². The van der Waals surface area contributed by atoms with E-state index in [0.29, 0.717) is 19.3 Å². The third-order valence-electron chi connectivity index (χ3n) is 5.59. The summed E-state index contributed by atoms with van der Waals surface area (Å²) in [5, 5.41) is 19.7. The molecule has 3 rings (SSSR count). The first-order valence-corrected chi connectivity index (χ1v) is 9.50. The van der Waals surface area contributed by atoms with Crippen molar-refractivity contribution in [2.24, 2.45) is 29.1 Å². The Balaban J connectivity index is 2.06. The van der Waals surface area contributed by atoms with Crippen LogP contribution in [0.5, 0.6) is 0 Å². The summed E-state index contributed by atoms with van der Waals surface area (Å²) in [4.78, 5) is 24.1. The highest BCUT2D eigenvalue weighted by atomic mass is 79.9. The molecule has 128 valence electrons. The number of rotatable bonds is 3. The van der Waals surface area contributed by atoms with Crippen molar-refractivity contribution in [1.29, 1.82) is 0 Å². The highest BCUT2D eigenvalue weighted by Gasteiger charge is 2.57. The number of carboxylic acids is 2. The molecule has 0 spiro atoms. The fourth-order valence-electron chi connectivity index (χ4n) is 4.40. The lowest BCUT2D eigenvalue weighted by Gasteiger charge is -2.50. The second-order valence-corrected chi connectivity index (χ2v) is 8.46. The molecule has 0 saturated heterocycles. The van der Waals surface area contributed by atoms with Gasteiger partial charge in [0.25, 0.3) is 0 Å². The molecule has 0 aromatic carbocycles. The van der Waals surface area contributed by atoms with E-state index in [-0.39, 0.29) is 17.8 Å². The summed E-state index contributed by atoms with van der Waals surface area (Å²) in [6, 6.07) is 0. The fraction of sp³-hybridized carbons (Fsp3) is 0.444. The van der Waals surface area contributed by atoms with E-state index in [9.17, 15) is 19.8 Å². The quantitative estimate of drug-likeness (QED) is 0.654. The van der Waals surface area contributed by atoms with Crippen LogP contribution in [0.15, 0.2) is 45.4 Å². The van der Waals surface area contributed by atoms with Crippen molar-refractivity contribution in [2.45, 2.75) is 19.3 Å². The highest BCUT2D eigenvalue weighted by molar-refractivity contribution is 9.12. The summed E-state index contributed by atoms with van der Waals surface area (Å²) in [6.07, 6.45) is 12.8. The predicted octanol–water partition coefficient (Wildman–Crippen LogP) is 4.49. The van der Waals surface area contributed by atoms with Gasteiger partial charge in [-0.3, -0.25) is 9.59 Å². The summed E-state index contributed by atoms with van der Waals surface area (Å²) in [7, 11) is 0. The van der Waals surface area contributed by atoms with Gasteiger partial charge in [0.1, 0.15) is 0 Å². The molecular weight excluding hydrogens is 440 g/mol. The van der Waals surface area contributed by atoms with E-state index >= 15 is 0 Å². The molecular formula is C18H18Br2O4. The van der Waals surface area contributed by atoms with Crippen LogP contribution in [0.25, 0.3) is 0 Å². The molecule has 3 aliphatic rings. The van der Waals surface area contributed by atoms with Gasteiger partial charge in [-0.1, -0.05) is 68.3 Å². The first-order chi connectivity index (χ1) is 11.4. The Morgan fingerprint density at radius 2 is 1.83 bits per heavy atom. The van der Waals surface area contributed by atoms with Crippen LogP contribution in [0.3, 0.4) is 0 Å². The molecule has 0 aromatic heterocycles. The Morgan fingerprint density at radius 1 is 1.12 bits per heavy atom. The second-order valence-electron chi connectivity index (χ2n) is 6.63. The Bertz CT molecular complexity index is 691. The van der Waals surface area contributed by atoms with Crippen LogP contribution in [-0.2, 0) is 9.59 Å². The smallest absolute Gasteiger partial charge is 0.310 e. The van der Waals surface area contributed by atoms with Crippen molar-refractivity contribution in [2.75, 3.05) is 0 Å². The maximum Gasteiger partial charge on any atom is 0.310 e. The van der Waals surface area contributed by atoms with Gasteiger partial charge in [0.2, 0.25) is 0 Å². The largest absolute Gasteiger partial charge is 0.481 e. The van der Waals surface area contributed by atoms with E-state index in [1.54, 1.807) is 0 Å². The van der Waals surface area contributed by atoms with Crippen LogP contribution >= 0.6 is 31.9 Å². The average molecular weight is 458 g/mol. The average Bonchev–Trinajstić information content (AvgIpc) is 2.54. The Morgan fingerprint density at radius 3 is 2.42 bits per heavy atom. The second kappa shape index (κ2) is 6.64. The van der Waals surface area contributed by atoms with Crippen molar-refractivity contribution in [3.8, 4) is 0 Å². The summed E-state index contributed by atoms with van der Waals surface area (Å²) in [6.45, 7) is 0. The standard InChI is InChI=1S/C18H18Br2O4/c19-11-3-1-10(2-4-11)18(17(23)24)8-7-14(16(21)22)13-6-5-12(20)9-15(13)18/h1,3-6,9-10,13-15H,2,7-8H2,(H,21,22)(H,23,24). The summed E-state index contributed by atoms with van der Waals surface area (Å²) in [5.74, 6) is -3.01. The minimum Gasteiger partial charge on any atom is -0.481 e. The third kappa shape index (κ3) is 2.84. The molecule has 24 heavy (non-hydrogen) atoms. The van der Waals surface area contributed by atoms with Gasteiger partial charge in [-0.25, -0.2) is 0 Å². The molecule has 1 saturated carbocycles. The number of aliphatic carboxylic acids is 2. The van der Waals surface area contributed by atoms with Gasteiger partial charge < -0.3 is 10.2 Å². The van der Waals surface area contributed by atoms with E-state index in [1.807, 2.05) is 36.5 Å². The van der Waals surface area contributed by atoms with Crippen molar-refractivity contribution in [3.05, 3.63) is 45.4 Å². The SMILES string of the molecule is O=C(O)C1CCC(C(=O)O)(C2C=CC(Br)=CC2)C2C=C(Br)C=CC12. The zero-order chi connectivity index (χ0) is 17.5. The number of hydrogen-bond acceptors (Lipinski definition) is 2. The topological polar surface area (TPSA) is 74.6 Å². The van der Waals surface area contributed by atoms with E-state index in [2.05, 4.69) is 31.9 Å². The number of hydrogen-bond donors (Lipinski definition) is 2. The lowest BCUT2D eigenvalue weighted by Crippen LogP contribution is -2.52. The fourth-order valence-corrected chi connectivity index (χ4v) is 5.17. The molecule has 0 aliphatic heterocycles. The third-order valence-corrected chi connectivity index (χ3v) is 6.71. The number of carboxylic acid groups (broad SMARTS) is 2. The lowest BCUT2D eigenvalue weighted by molar-refractivity contribution is -0.165. The van der Waals surface area contributed by atoms with Crippen LogP contribution in [0.4, 0.5) is 0 Å². The van der Waals surface area contributed by atoms with Gasteiger partial charge in [-0.15, -0.1) is 0 Å². The summed E-state index contributed by atoms with van der Waals surface area (Å²) < 4.78 is 1.77. The summed E-state index contributed by atoms with van der Waals surface area (Å²) >= 11 is 6.86. The van der Waals surface area contributed by atoms with Crippen LogP contribution in [-0.4, -0.2) is 22.2 Å². The first kappa shape index (κ1) is 17.7. The first-order valence-electron chi connectivity index (χ1n) is 7.92. The van der Waals surface area contributed by atoms with Crippen LogP contribution in [0.1, 0.15) is 19.3 Å². The normalized spacial score (nSPS) is 38.1. The van der Waals surface area contributed by atoms with Crippen molar-refractivity contribution < 1.29 is 19.8 Å². The monoisotopic (exact) mass is 456 g/mol. The maximum atomic E-state index is 12.4. The Kier molecular flexibility index (Phi) is 4.89. The minimum atomic E-state index is -0.985. The molecule has 2 N–H and O–H groups in total. The predicted molar refractivity (Wildman–Crippen MR) is 97.8 cm³/mol. The molecule has 0 aromatic rings. The molecule has 4 nitrogen and oxygen atoms in total. The van der Waals surface area contributed by atoms with E-state index in [1.165, 1.54) is 0 Å². The molecule has 3 aliphatic carbocycles. The zero-order valence-electron chi connectivity index (χ0n) is 12.9. The molecule has 5 atom stereocenters.